The molecule has 0 amide bonds. The Bertz CT molecular complexity index is 383. The molecule has 3 heteroatoms. The van der Waals surface area contributed by atoms with Crippen molar-refractivity contribution in [3.63, 3.8) is 0 Å². The molecule has 0 saturated heterocycles. The number of benzene rings is 1. The molecule has 0 saturated carbocycles. The van der Waals surface area contributed by atoms with Crippen molar-refractivity contribution >= 4 is 11.6 Å². The lowest BCUT2D eigenvalue weighted by molar-refractivity contribution is -0.121. The summed E-state index contributed by atoms with van der Waals surface area (Å²) in [6.07, 6.45) is -0.224. The summed E-state index contributed by atoms with van der Waals surface area (Å²) in [6, 6.07) is 5.70. The fourth-order valence-corrected chi connectivity index (χ4v) is 1.14. The molecule has 1 rings (SSSR count). The van der Waals surface area contributed by atoms with Gasteiger partial charge in [0.1, 0.15) is 11.6 Å². The van der Waals surface area contributed by atoms with Crippen LogP contribution in [0.1, 0.15) is 30.6 Å². The highest BCUT2D eigenvalue weighted by Gasteiger charge is 2.16. The number of hydrogen-bond donors (Lipinski definition) is 0. The van der Waals surface area contributed by atoms with Gasteiger partial charge in [-0.25, -0.2) is 4.39 Å². The molecule has 2 nitrogen and oxygen atoms in total. The van der Waals surface area contributed by atoms with Crippen molar-refractivity contribution in [1.29, 1.82) is 0 Å². The highest BCUT2D eigenvalue weighted by atomic mass is 19.1. The second-order valence-corrected chi connectivity index (χ2v) is 3.70. The largest absolute Gasteiger partial charge is 0.299 e. The Morgan fingerprint density at radius 1 is 1.27 bits per heavy atom. The van der Waals surface area contributed by atoms with E-state index in [1.165, 1.54) is 18.2 Å². The first-order valence-corrected chi connectivity index (χ1v) is 4.83. The molecule has 0 aromatic heterocycles. The van der Waals surface area contributed by atoms with Gasteiger partial charge >= 0.3 is 0 Å². The van der Waals surface area contributed by atoms with Gasteiger partial charge in [-0.15, -0.1) is 0 Å². The van der Waals surface area contributed by atoms with Crippen LogP contribution in [0.25, 0.3) is 0 Å². The van der Waals surface area contributed by atoms with E-state index in [0.717, 1.165) is 0 Å². The lowest BCUT2D eigenvalue weighted by Crippen LogP contribution is -2.14. The number of carbonyl (C=O) groups is 2. The summed E-state index contributed by atoms with van der Waals surface area (Å²) in [4.78, 5) is 22.8. The van der Waals surface area contributed by atoms with Gasteiger partial charge in [-0.05, 0) is 12.1 Å². The maximum absolute atomic E-state index is 13.2. The fraction of sp³-hybridized carbons (Fsp3) is 0.333. The Morgan fingerprint density at radius 2 is 1.87 bits per heavy atom. The third-order valence-electron chi connectivity index (χ3n) is 2.15. The molecule has 0 atom stereocenters. The molecule has 0 radical (unpaired) electrons. The maximum Gasteiger partial charge on any atom is 0.173 e. The molecular formula is C12H13FO2. The van der Waals surface area contributed by atoms with Crippen LogP contribution in [0.5, 0.6) is 0 Å². The summed E-state index contributed by atoms with van der Waals surface area (Å²) in [7, 11) is 0. The number of carbonyl (C=O) groups excluding carboxylic acids is 2. The number of hydrogen-bond acceptors (Lipinski definition) is 2. The third kappa shape index (κ3) is 2.98. The van der Waals surface area contributed by atoms with E-state index < -0.39 is 11.6 Å². The molecule has 0 aliphatic rings. The Kier molecular flexibility index (Phi) is 3.72. The minimum atomic E-state index is -0.570. The third-order valence-corrected chi connectivity index (χ3v) is 2.15. The zero-order valence-corrected chi connectivity index (χ0v) is 8.79. The van der Waals surface area contributed by atoms with Gasteiger partial charge in [0.2, 0.25) is 0 Å². The number of halogens is 1. The Morgan fingerprint density at radius 3 is 2.40 bits per heavy atom. The summed E-state index contributed by atoms with van der Waals surface area (Å²) in [5, 5.41) is 0. The van der Waals surface area contributed by atoms with Crippen molar-refractivity contribution < 1.29 is 14.0 Å². The van der Waals surface area contributed by atoms with E-state index in [-0.39, 0.29) is 23.7 Å². The predicted molar refractivity (Wildman–Crippen MR) is 55.2 cm³/mol. The molecule has 1 aromatic carbocycles. The molecule has 80 valence electrons. The van der Waals surface area contributed by atoms with E-state index in [4.69, 9.17) is 0 Å². The van der Waals surface area contributed by atoms with Crippen LogP contribution in [0.15, 0.2) is 24.3 Å². The minimum absolute atomic E-state index is 0.00787. The van der Waals surface area contributed by atoms with Crippen molar-refractivity contribution in [3.05, 3.63) is 35.6 Å². The van der Waals surface area contributed by atoms with Gasteiger partial charge in [-0.2, -0.15) is 0 Å². The molecule has 0 spiro atoms. The smallest absolute Gasteiger partial charge is 0.173 e. The van der Waals surface area contributed by atoms with Crippen LogP contribution in [0.3, 0.4) is 0 Å². The minimum Gasteiger partial charge on any atom is -0.299 e. The first-order chi connectivity index (χ1) is 7.02. The van der Waals surface area contributed by atoms with Crippen molar-refractivity contribution in [3.8, 4) is 0 Å². The van der Waals surface area contributed by atoms with Gasteiger partial charge < -0.3 is 0 Å². The van der Waals surface area contributed by atoms with Crippen LogP contribution in [0.2, 0.25) is 0 Å². The zero-order chi connectivity index (χ0) is 11.4. The molecule has 0 unspecified atom stereocenters. The second-order valence-electron chi connectivity index (χ2n) is 3.70. The van der Waals surface area contributed by atoms with Crippen LogP contribution >= 0.6 is 0 Å². The van der Waals surface area contributed by atoms with Crippen LogP contribution < -0.4 is 0 Å². The van der Waals surface area contributed by atoms with E-state index >= 15 is 0 Å². The summed E-state index contributed by atoms with van der Waals surface area (Å²) in [5.74, 6) is -1.38. The number of Topliss-reactive ketones (excluding diaryl/α,β-unsaturated/α-hetero) is 2. The van der Waals surface area contributed by atoms with Gasteiger partial charge in [-0.1, -0.05) is 26.0 Å². The van der Waals surface area contributed by atoms with Gasteiger partial charge in [0, 0.05) is 5.92 Å². The van der Waals surface area contributed by atoms with E-state index in [1.807, 2.05) is 0 Å². The van der Waals surface area contributed by atoms with Crippen molar-refractivity contribution in [1.82, 2.24) is 0 Å². The average molecular weight is 208 g/mol. The van der Waals surface area contributed by atoms with E-state index in [2.05, 4.69) is 0 Å². The average Bonchev–Trinajstić information content (AvgIpc) is 2.18. The van der Waals surface area contributed by atoms with Crippen molar-refractivity contribution in [2.75, 3.05) is 0 Å². The van der Waals surface area contributed by atoms with Gasteiger partial charge in [0.15, 0.2) is 5.78 Å². The van der Waals surface area contributed by atoms with E-state index in [9.17, 15) is 14.0 Å². The monoisotopic (exact) mass is 208 g/mol. The van der Waals surface area contributed by atoms with Crippen LogP contribution in [0, 0.1) is 11.7 Å². The quantitative estimate of drug-likeness (QED) is 0.563. The summed E-state index contributed by atoms with van der Waals surface area (Å²) < 4.78 is 13.2. The van der Waals surface area contributed by atoms with Crippen LogP contribution in [-0.4, -0.2) is 11.6 Å². The van der Waals surface area contributed by atoms with Gasteiger partial charge in [0.25, 0.3) is 0 Å². The van der Waals surface area contributed by atoms with Crippen molar-refractivity contribution in [2.24, 2.45) is 5.92 Å². The number of ketones is 2. The van der Waals surface area contributed by atoms with Crippen molar-refractivity contribution in [2.45, 2.75) is 20.3 Å². The normalized spacial score (nSPS) is 10.4. The Labute approximate surface area is 88.1 Å². The summed E-state index contributed by atoms with van der Waals surface area (Å²) >= 11 is 0. The van der Waals surface area contributed by atoms with Gasteiger partial charge in [-0.3, -0.25) is 9.59 Å². The summed E-state index contributed by atoms with van der Waals surface area (Å²) in [6.45, 7) is 3.44. The molecule has 0 bridgehead atoms. The van der Waals surface area contributed by atoms with Gasteiger partial charge in [0.05, 0.1) is 12.0 Å². The SMILES string of the molecule is CC(C)C(=O)CC(=O)c1ccccc1F. The molecule has 0 N–H and O–H groups in total. The topological polar surface area (TPSA) is 34.1 Å². The molecule has 15 heavy (non-hydrogen) atoms. The van der Waals surface area contributed by atoms with E-state index in [1.54, 1.807) is 19.9 Å². The summed E-state index contributed by atoms with van der Waals surface area (Å²) in [5.41, 5.74) is -0.00787. The lowest BCUT2D eigenvalue weighted by atomic mass is 10.00. The molecule has 0 aliphatic carbocycles. The zero-order valence-electron chi connectivity index (χ0n) is 8.79. The van der Waals surface area contributed by atoms with Crippen LogP contribution in [0.4, 0.5) is 4.39 Å². The Balaban J connectivity index is 2.79. The number of rotatable bonds is 4. The fourth-order valence-electron chi connectivity index (χ4n) is 1.14. The molecule has 0 fully saturated rings. The second kappa shape index (κ2) is 4.82. The first-order valence-electron chi connectivity index (χ1n) is 4.83. The van der Waals surface area contributed by atoms with Crippen LogP contribution in [-0.2, 0) is 4.79 Å². The predicted octanol–water partition coefficient (Wildman–Crippen LogP) is 2.62. The molecule has 0 heterocycles. The van der Waals surface area contributed by atoms with E-state index in [0.29, 0.717) is 0 Å². The first kappa shape index (κ1) is 11.6. The molecule has 0 aliphatic heterocycles. The maximum atomic E-state index is 13.2. The lowest BCUT2D eigenvalue weighted by Gasteiger charge is -2.04. The highest BCUT2D eigenvalue weighted by Crippen LogP contribution is 2.11. The standard InChI is InChI=1S/C12H13FO2/c1-8(2)11(14)7-12(15)9-5-3-4-6-10(9)13/h3-6,8H,7H2,1-2H3. The Hall–Kier alpha value is -1.51. The molecular weight excluding hydrogens is 195 g/mol. The molecule has 1 aromatic rings. The highest BCUT2D eigenvalue weighted by molar-refractivity contribution is 6.08.